The number of carbonyl (C=O) groups is 2. The molecule has 0 heterocycles. The van der Waals surface area contributed by atoms with E-state index in [-0.39, 0.29) is 28.1 Å². The maximum absolute atomic E-state index is 10.0. The summed E-state index contributed by atoms with van der Waals surface area (Å²) in [7, 11) is 0. The van der Waals surface area contributed by atoms with Gasteiger partial charge in [0, 0.05) is 10.1 Å². The van der Waals surface area contributed by atoms with E-state index >= 15 is 0 Å². The normalized spacial score (nSPS) is 7.25. The molecule has 0 aliphatic carbocycles. The summed E-state index contributed by atoms with van der Waals surface area (Å²) in [5.74, 6) is -0.125. The smallest absolute Gasteiger partial charge is 0.137 e. The Kier molecular flexibility index (Phi) is 6.11. The van der Waals surface area contributed by atoms with Gasteiger partial charge in [-0.25, -0.2) is 0 Å². The van der Waals surface area contributed by atoms with Gasteiger partial charge in [-0.15, -0.1) is 0 Å². The summed E-state index contributed by atoms with van der Waals surface area (Å²) >= 11 is 0. The third-order valence-corrected chi connectivity index (χ3v) is 0.498. The fourth-order valence-electron chi connectivity index (χ4n) is 0.351. The van der Waals surface area contributed by atoms with Gasteiger partial charge in [-0.3, -0.25) is 9.59 Å². The number of Topliss-reactive ketones (excluding diaryl/α,β-unsaturated/α-hetero) is 2. The molecule has 0 spiro atoms. The summed E-state index contributed by atoms with van der Waals surface area (Å²) in [4.78, 5) is 20.1. The van der Waals surface area contributed by atoms with E-state index < -0.39 is 0 Å². The monoisotopic (exact) mass is 109 g/mol. The average molecular weight is 109 g/mol. The molecule has 0 N–H and O–H groups in total. The van der Waals surface area contributed by atoms with Gasteiger partial charge in [-0.2, -0.15) is 0 Å². The molecule has 0 atom stereocenters. The third kappa shape index (κ3) is 9.10. The van der Waals surface area contributed by atoms with Gasteiger partial charge in [0.2, 0.25) is 0 Å². The van der Waals surface area contributed by atoms with Gasteiger partial charge in [-0.1, -0.05) is 0 Å². The Morgan fingerprint density at radius 3 is 1.38 bits per heavy atom. The molecule has 0 aromatic heterocycles. The van der Waals surface area contributed by atoms with Crippen LogP contribution in [0.3, 0.4) is 0 Å². The minimum atomic E-state index is -0.0625. The number of carbonyl (C=O) groups excluding carboxylic acids is 2. The average Bonchev–Trinajstić information content (AvgIpc) is 1.27. The van der Waals surface area contributed by atoms with E-state index in [0.29, 0.717) is 0 Å². The molecule has 0 saturated heterocycles. The zero-order chi connectivity index (χ0) is 5.86. The van der Waals surface area contributed by atoms with Gasteiger partial charge in [0.05, 0.1) is 6.42 Å². The molecule has 2 radical (unpaired) electrons. The van der Waals surface area contributed by atoms with E-state index in [1.807, 2.05) is 0 Å². The molecule has 0 aromatic rings. The predicted molar refractivity (Wildman–Crippen MR) is 31.7 cm³/mol. The van der Waals surface area contributed by atoms with E-state index in [9.17, 15) is 9.59 Å². The molecule has 8 heavy (non-hydrogen) atoms. The summed E-state index contributed by atoms with van der Waals surface area (Å²) in [5, 5.41) is 0. The van der Waals surface area contributed by atoms with Gasteiger partial charge >= 0.3 is 0 Å². The Bertz CT molecular complexity index is 86.6. The van der Waals surface area contributed by atoms with Crippen LogP contribution in [0.5, 0.6) is 0 Å². The Labute approximate surface area is 52.5 Å². The zero-order valence-corrected chi connectivity index (χ0v) is 5.23. The minimum absolute atomic E-state index is 0. The minimum Gasteiger partial charge on any atom is -0.300 e. The predicted octanol–water partition coefficient (Wildman–Crippen LogP) is 0.174. The van der Waals surface area contributed by atoms with Crippen LogP contribution in [-0.4, -0.2) is 21.7 Å². The SMILES string of the molecule is CC(=O)CC(C)=O.[Be]. The van der Waals surface area contributed by atoms with Crippen LogP contribution in [-0.2, 0) is 9.59 Å². The van der Waals surface area contributed by atoms with Crippen molar-refractivity contribution in [3.8, 4) is 0 Å². The fraction of sp³-hybridized carbons (Fsp3) is 0.600. The molecule has 2 nitrogen and oxygen atoms in total. The van der Waals surface area contributed by atoms with Crippen molar-refractivity contribution in [1.29, 1.82) is 0 Å². The molecule has 0 saturated carbocycles. The fourth-order valence-corrected chi connectivity index (χ4v) is 0.351. The van der Waals surface area contributed by atoms with Gasteiger partial charge in [0.25, 0.3) is 0 Å². The van der Waals surface area contributed by atoms with Crippen molar-refractivity contribution in [3.63, 3.8) is 0 Å². The maximum Gasteiger partial charge on any atom is 0.137 e. The Morgan fingerprint density at radius 2 is 1.38 bits per heavy atom. The van der Waals surface area contributed by atoms with Crippen molar-refractivity contribution in [2.45, 2.75) is 20.3 Å². The second-order valence-corrected chi connectivity index (χ2v) is 1.58. The molecule has 0 aliphatic rings. The number of ketones is 2. The van der Waals surface area contributed by atoms with Gasteiger partial charge in [0.1, 0.15) is 11.6 Å². The van der Waals surface area contributed by atoms with E-state index in [2.05, 4.69) is 0 Å². The first-order valence-electron chi connectivity index (χ1n) is 2.12. The molecular weight excluding hydrogens is 101 g/mol. The van der Waals surface area contributed by atoms with Crippen LogP contribution in [0.2, 0.25) is 0 Å². The van der Waals surface area contributed by atoms with Crippen LogP contribution in [0, 0.1) is 0 Å². The largest absolute Gasteiger partial charge is 0.300 e. The molecule has 42 valence electrons. The van der Waals surface area contributed by atoms with E-state index in [4.69, 9.17) is 0 Å². The van der Waals surface area contributed by atoms with Crippen molar-refractivity contribution in [1.82, 2.24) is 0 Å². The Morgan fingerprint density at radius 1 is 1.12 bits per heavy atom. The molecular formula is C5H8BeO2. The van der Waals surface area contributed by atoms with Gasteiger partial charge < -0.3 is 0 Å². The summed E-state index contributed by atoms with van der Waals surface area (Å²) in [5.41, 5.74) is 0. The van der Waals surface area contributed by atoms with Crippen molar-refractivity contribution in [2.24, 2.45) is 0 Å². The van der Waals surface area contributed by atoms with Crippen molar-refractivity contribution in [3.05, 3.63) is 0 Å². The zero-order valence-electron chi connectivity index (χ0n) is 5.23. The summed E-state index contributed by atoms with van der Waals surface area (Å²) in [6, 6.07) is 0. The number of hydrogen-bond acceptors (Lipinski definition) is 2. The van der Waals surface area contributed by atoms with E-state index in [0.717, 1.165) is 0 Å². The first-order chi connectivity index (χ1) is 3.13. The topological polar surface area (TPSA) is 34.1 Å². The van der Waals surface area contributed by atoms with E-state index in [1.54, 1.807) is 0 Å². The van der Waals surface area contributed by atoms with Crippen LogP contribution >= 0.6 is 0 Å². The molecule has 0 rings (SSSR count). The van der Waals surface area contributed by atoms with Crippen LogP contribution in [0.1, 0.15) is 20.3 Å². The first-order valence-corrected chi connectivity index (χ1v) is 2.12. The molecule has 0 unspecified atom stereocenters. The summed E-state index contributed by atoms with van der Waals surface area (Å²) in [6.07, 6.45) is 0.0833. The molecule has 0 fully saturated rings. The van der Waals surface area contributed by atoms with Gasteiger partial charge in [0.15, 0.2) is 0 Å². The molecule has 0 bridgehead atoms. The number of hydrogen-bond donors (Lipinski definition) is 0. The molecule has 0 amide bonds. The summed E-state index contributed by atoms with van der Waals surface area (Å²) < 4.78 is 0. The molecule has 3 heteroatoms. The van der Waals surface area contributed by atoms with Crippen molar-refractivity contribution >= 4 is 21.7 Å². The second kappa shape index (κ2) is 4.66. The quantitative estimate of drug-likeness (QED) is 0.374. The molecule has 0 aliphatic heterocycles. The molecule has 0 aromatic carbocycles. The van der Waals surface area contributed by atoms with Crippen LogP contribution in [0.15, 0.2) is 0 Å². The van der Waals surface area contributed by atoms with Crippen LogP contribution < -0.4 is 0 Å². The Hall–Kier alpha value is -0.491. The summed E-state index contributed by atoms with van der Waals surface area (Å²) in [6.45, 7) is 2.81. The van der Waals surface area contributed by atoms with Crippen molar-refractivity contribution < 1.29 is 9.59 Å². The van der Waals surface area contributed by atoms with Crippen LogP contribution in [0.4, 0.5) is 0 Å². The maximum atomic E-state index is 10.0. The number of rotatable bonds is 2. The van der Waals surface area contributed by atoms with E-state index in [1.165, 1.54) is 13.8 Å². The van der Waals surface area contributed by atoms with Gasteiger partial charge in [-0.05, 0) is 13.8 Å². The first kappa shape index (κ1) is 10.5. The standard InChI is InChI=1S/C5H8O2.Be/c1-4(6)3-5(2)7;/h3H2,1-2H3;. The third-order valence-electron chi connectivity index (χ3n) is 0.498. The Balaban J connectivity index is 0. The second-order valence-electron chi connectivity index (χ2n) is 1.58. The van der Waals surface area contributed by atoms with Crippen molar-refractivity contribution in [2.75, 3.05) is 0 Å². The van der Waals surface area contributed by atoms with Crippen LogP contribution in [0.25, 0.3) is 0 Å².